The Kier molecular flexibility index (Phi) is 7.18. The summed E-state index contributed by atoms with van der Waals surface area (Å²) < 4.78 is 17.0. The zero-order valence-electron chi connectivity index (χ0n) is 19.3. The lowest BCUT2D eigenvalue weighted by molar-refractivity contribution is -0.123. The molecule has 3 aliphatic heterocycles. The molecule has 8 heteroatoms. The molecule has 7 nitrogen and oxygen atoms in total. The molecule has 0 aliphatic carbocycles. The summed E-state index contributed by atoms with van der Waals surface area (Å²) in [6, 6.07) is 15.9. The predicted octanol–water partition coefficient (Wildman–Crippen LogP) is 4.31. The number of para-hydroxylation sites is 1. The van der Waals surface area contributed by atoms with Crippen LogP contribution < -0.4 is 9.64 Å². The highest BCUT2D eigenvalue weighted by Gasteiger charge is 2.36. The molecule has 178 valence electrons. The highest BCUT2D eigenvalue weighted by atomic mass is 32.2. The Morgan fingerprint density at radius 3 is 2.71 bits per heavy atom. The van der Waals surface area contributed by atoms with E-state index in [1.54, 1.807) is 12.0 Å². The molecule has 1 atom stereocenters. The summed E-state index contributed by atoms with van der Waals surface area (Å²) >= 11 is 1.40. The number of nitrogens with zero attached hydrogens (tertiary/aromatic N) is 3. The van der Waals surface area contributed by atoms with Gasteiger partial charge in [-0.25, -0.2) is 4.99 Å². The van der Waals surface area contributed by atoms with E-state index in [4.69, 9.17) is 19.2 Å². The molecule has 5 rings (SSSR count). The minimum atomic E-state index is -0.0468. The first-order valence-corrected chi connectivity index (χ1v) is 12.5. The standard InChI is InChI=1S/C26H29N3O4S/c1-31-23-17-21(28-11-14-32-15-12-28)10-9-19(23)16-24-25(30)29(18-22-8-5-13-33-22)26(34-24)27-20-6-3-2-4-7-20/h2-4,6-7,9-10,16-17,22H,5,8,11-15,18H2,1H3/b24-16+,27-26?/t22-/m0/s1. The van der Waals surface area contributed by atoms with E-state index >= 15 is 0 Å². The maximum atomic E-state index is 13.4. The zero-order chi connectivity index (χ0) is 23.3. The summed E-state index contributed by atoms with van der Waals surface area (Å²) in [5.74, 6) is 0.693. The number of anilines is 1. The number of thioether (sulfide) groups is 1. The fourth-order valence-electron chi connectivity index (χ4n) is 4.34. The Hall–Kier alpha value is -2.81. The van der Waals surface area contributed by atoms with Crippen LogP contribution >= 0.6 is 11.8 Å². The maximum absolute atomic E-state index is 13.4. The van der Waals surface area contributed by atoms with Crippen molar-refractivity contribution in [3.8, 4) is 5.75 Å². The largest absolute Gasteiger partial charge is 0.496 e. The molecule has 3 heterocycles. The number of methoxy groups -OCH3 is 1. The number of rotatable bonds is 6. The van der Waals surface area contributed by atoms with Crippen LogP contribution in [-0.4, -0.2) is 68.6 Å². The first-order chi connectivity index (χ1) is 16.7. The van der Waals surface area contributed by atoms with Gasteiger partial charge in [0.2, 0.25) is 0 Å². The minimum absolute atomic E-state index is 0.0468. The van der Waals surface area contributed by atoms with Gasteiger partial charge in [0, 0.05) is 37.0 Å². The van der Waals surface area contributed by atoms with Crippen molar-refractivity contribution < 1.29 is 19.0 Å². The van der Waals surface area contributed by atoms with Crippen LogP contribution in [0.2, 0.25) is 0 Å². The average Bonchev–Trinajstić information content (AvgIpc) is 3.50. The molecular weight excluding hydrogens is 450 g/mol. The smallest absolute Gasteiger partial charge is 0.266 e. The lowest BCUT2D eigenvalue weighted by Crippen LogP contribution is -2.36. The van der Waals surface area contributed by atoms with Gasteiger partial charge < -0.3 is 19.1 Å². The van der Waals surface area contributed by atoms with E-state index in [0.717, 1.165) is 68.4 Å². The third-order valence-corrected chi connectivity index (χ3v) is 7.17. The van der Waals surface area contributed by atoms with Gasteiger partial charge in [-0.2, -0.15) is 0 Å². The van der Waals surface area contributed by atoms with E-state index in [9.17, 15) is 4.79 Å². The van der Waals surface area contributed by atoms with Crippen molar-refractivity contribution in [1.82, 2.24) is 4.90 Å². The summed E-state index contributed by atoms with van der Waals surface area (Å²) in [5, 5.41) is 0.682. The third-order valence-electron chi connectivity index (χ3n) is 6.16. The van der Waals surface area contributed by atoms with Gasteiger partial charge in [-0.3, -0.25) is 9.69 Å². The Morgan fingerprint density at radius 1 is 1.15 bits per heavy atom. The van der Waals surface area contributed by atoms with E-state index in [0.29, 0.717) is 16.6 Å². The zero-order valence-corrected chi connectivity index (χ0v) is 20.1. The second-order valence-electron chi connectivity index (χ2n) is 8.42. The van der Waals surface area contributed by atoms with Crippen molar-refractivity contribution in [1.29, 1.82) is 0 Å². The van der Waals surface area contributed by atoms with Gasteiger partial charge >= 0.3 is 0 Å². The van der Waals surface area contributed by atoms with Crippen LogP contribution in [0.3, 0.4) is 0 Å². The van der Waals surface area contributed by atoms with E-state index in [1.165, 1.54) is 11.8 Å². The van der Waals surface area contributed by atoms with Crippen LogP contribution in [0.5, 0.6) is 5.75 Å². The number of amides is 1. The number of hydrogen-bond donors (Lipinski definition) is 0. The molecule has 0 N–H and O–H groups in total. The van der Waals surface area contributed by atoms with Gasteiger partial charge in [0.15, 0.2) is 5.17 Å². The summed E-state index contributed by atoms with van der Waals surface area (Å²) in [7, 11) is 1.66. The lowest BCUT2D eigenvalue weighted by atomic mass is 10.1. The molecule has 3 fully saturated rings. The van der Waals surface area contributed by atoms with Gasteiger partial charge in [-0.1, -0.05) is 18.2 Å². The Morgan fingerprint density at radius 2 is 1.97 bits per heavy atom. The topological polar surface area (TPSA) is 63.6 Å². The second kappa shape index (κ2) is 10.6. The molecule has 0 bridgehead atoms. The molecule has 2 aromatic carbocycles. The molecule has 3 aliphatic rings. The summed E-state index contributed by atoms with van der Waals surface area (Å²) in [4.78, 5) is 22.9. The van der Waals surface area contributed by atoms with E-state index < -0.39 is 0 Å². The molecule has 2 aromatic rings. The van der Waals surface area contributed by atoms with Crippen LogP contribution in [0.1, 0.15) is 18.4 Å². The Balaban J connectivity index is 1.43. The second-order valence-corrected chi connectivity index (χ2v) is 9.43. The number of hydrogen-bond acceptors (Lipinski definition) is 7. The number of carbonyl (C=O) groups excluding carboxylic acids is 1. The summed E-state index contributed by atoms with van der Waals surface area (Å²) in [6.07, 6.45) is 3.95. The molecule has 34 heavy (non-hydrogen) atoms. The molecular formula is C26H29N3O4S. The predicted molar refractivity (Wildman–Crippen MR) is 136 cm³/mol. The minimum Gasteiger partial charge on any atom is -0.496 e. The molecule has 0 saturated carbocycles. The van der Waals surface area contributed by atoms with Crippen LogP contribution in [0.4, 0.5) is 11.4 Å². The van der Waals surface area contributed by atoms with Crippen LogP contribution in [-0.2, 0) is 14.3 Å². The lowest BCUT2D eigenvalue weighted by Gasteiger charge is -2.29. The highest BCUT2D eigenvalue weighted by Crippen LogP contribution is 2.37. The van der Waals surface area contributed by atoms with Crippen molar-refractivity contribution in [2.24, 2.45) is 4.99 Å². The normalized spacial score (nSPS) is 23.3. The number of ether oxygens (including phenoxy) is 3. The number of morpholine rings is 1. The first kappa shape index (κ1) is 23.0. The Labute approximate surface area is 204 Å². The first-order valence-electron chi connectivity index (χ1n) is 11.7. The molecule has 1 amide bonds. The Bertz CT molecular complexity index is 1080. The molecule has 0 radical (unpaired) electrons. The van der Waals surface area contributed by atoms with Crippen molar-refractivity contribution in [2.45, 2.75) is 18.9 Å². The van der Waals surface area contributed by atoms with Crippen molar-refractivity contribution >= 4 is 40.3 Å². The quantitative estimate of drug-likeness (QED) is 0.575. The SMILES string of the molecule is COc1cc(N2CCOCC2)ccc1/C=C1/SC(=Nc2ccccc2)N(C[C@@H]2CCCO2)C1=O. The third kappa shape index (κ3) is 5.14. The monoisotopic (exact) mass is 479 g/mol. The van der Waals surface area contributed by atoms with E-state index in [1.807, 2.05) is 48.5 Å². The molecule has 0 unspecified atom stereocenters. The van der Waals surface area contributed by atoms with Crippen molar-refractivity contribution in [2.75, 3.05) is 51.5 Å². The summed E-state index contributed by atoms with van der Waals surface area (Å²) in [6.45, 7) is 4.43. The number of benzene rings is 2. The van der Waals surface area contributed by atoms with Crippen molar-refractivity contribution in [3.05, 3.63) is 59.0 Å². The highest BCUT2D eigenvalue weighted by molar-refractivity contribution is 8.18. The van der Waals surface area contributed by atoms with Crippen molar-refractivity contribution in [3.63, 3.8) is 0 Å². The van der Waals surface area contributed by atoms with Gasteiger partial charge in [0.1, 0.15) is 5.75 Å². The molecule has 3 saturated heterocycles. The number of aliphatic imine (C=N–C) groups is 1. The van der Waals surface area contributed by atoms with Gasteiger partial charge in [0.25, 0.3) is 5.91 Å². The van der Waals surface area contributed by atoms with Gasteiger partial charge in [0.05, 0.1) is 43.6 Å². The van der Waals surface area contributed by atoms with Crippen LogP contribution in [0.15, 0.2) is 58.4 Å². The number of carbonyl (C=O) groups is 1. The molecule has 0 spiro atoms. The fraction of sp³-hybridized carbons (Fsp3) is 0.385. The van der Waals surface area contributed by atoms with E-state index in [-0.39, 0.29) is 12.0 Å². The van der Waals surface area contributed by atoms with Crippen LogP contribution in [0, 0.1) is 0 Å². The van der Waals surface area contributed by atoms with E-state index in [2.05, 4.69) is 11.0 Å². The van der Waals surface area contributed by atoms with Crippen LogP contribution in [0.25, 0.3) is 6.08 Å². The number of amidine groups is 1. The van der Waals surface area contributed by atoms with Gasteiger partial charge in [-0.05, 0) is 54.9 Å². The average molecular weight is 480 g/mol. The fourth-order valence-corrected chi connectivity index (χ4v) is 5.33. The summed E-state index contributed by atoms with van der Waals surface area (Å²) in [5.41, 5.74) is 2.79. The maximum Gasteiger partial charge on any atom is 0.266 e. The molecule has 0 aromatic heterocycles. The van der Waals surface area contributed by atoms with Gasteiger partial charge in [-0.15, -0.1) is 0 Å².